The number of rotatable bonds is 3. The molecule has 0 amide bonds. The van der Waals surface area contributed by atoms with Crippen molar-refractivity contribution in [3.8, 4) is 0 Å². The number of aryl methyl sites for hydroxylation is 1. The van der Waals surface area contributed by atoms with Crippen molar-refractivity contribution in [1.82, 2.24) is 9.36 Å². The fourth-order valence-electron chi connectivity index (χ4n) is 2.02. The second-order valence-corrected chi connectivity index (χ2v) is 4.65. The van der Waals surface area contributed by atoms with Crippen molar-refractivity contribution in [2.75, 3.05) is 25.2 Å². The van der Waals surface area contributed by atoms with Crippen LogP contribution in [0.1, 0.15) is 25.1 Å². The van der Waals surface area contributed by atoms with Gasteiger partial charge in [-0.05, 0) is 26.2 Å². The molecule has 0 radical (unpaired) electrons. The topological polar surface area (TPSA) is 38.2 Å². The van der Waals surface area contributed by atoms with Crippen LogP contribution in [0.5, 0.6) is 0 Å². The Kier molecular flexibility index (Phi) is 3.53. The van der Waals surface area contributed by atoms with Crippen LogP contribution in [-0.4, -0.2) is 35.7 Å². The molecule has 1 fully saturated rings. The molecule has 1 saturated heterocycles. The monoisotopic (exact) mass is 227 g/mol. The quantitative estimate of drug-likeness (QED) is 0.790. The summed E-state index contributed by atoms with van der Waals surface area (Å²) in [6.07, 6.45) is 3.74. The normalized spacial score (nSPS) is 22.0. The average Bonchev–Trinajstić information content (AvgIpc) is 2.66. The highest BCUT2D eigenvalue weighted by atomic mass is 32.1. The molecule has 0 aliphatic carbocycles. The summed E-state index contributed by atoms with van der Waals surface area (Å²) in [4.78, 5) is 6.79. The van der Waals surface area contributed by atoms with Crippen LogP contribution in [0.15, 0.2) is 0 Å². The highest BCUT2D eigenvalue weighted by molar-refractivity contribution is 7.09. The molecule has 4 nitrogen and oxygen atoms in total. The van der Waals surface area contributed by atoms with E-state index in [4.69, 9.17) is 4.74 Å². The Morgan fingerprint density at radius 3 is 3.07 bits per heavy atom. The molecular formula is C10H17N3OS. The van der Waals surface area contributed by atoms with Gasteiger partial charge in [0, 0.05) is 25.2 Å². The van der Waals surface area contributed by atoms with Gasteiger partial charge in [-0.1, -0.05) is 0 Å². The molecule has 0 unspecified atom stereocenters. The predicted octanol–water partition coefficient (Wildman–Crippen LogP) is 1.85. The fraction of sp³-hybridized carbons (Fsp3) is 0.800. The Bertz CT molecular complexity index is 313. The van der Waals surface area contributed by atoms with Crippen LogP contribution in [0.2, 0.25) is 0 Å². The number of piperidine rings is 1. The van der Waals surface area contributed by atoms with E-state index in [0.29, 0.717) is 6.04 Å². The van der Waals surface area contributed by atoms with Crippen LogP contribution in [0, 0.1) is 6.92 Å². The van der Waals surface area contributed by atoms with Gasteiger partial charge >= 0.3 is 0 Å². The maximum absolute atomic E-state index is 5.25. The first-order chi connectivity index (χ1) is 7.31. The summed E-state index contributed by atoms with van der Waals surface area (Å²) < 4.78 is 9.49. The molecule has 1 aliphatic rings. The number of nitrogens with zero attached hydrogens (tertiary/aromatic N) is 3. The molecule has 1 atom stereocenters. The smallest absolute Gasteiger partial charge is 0.205 e. The van der Waals surface area contributed by atoms with E-state index >= 15 is 0 Å². The van der Waals surface area contributed by atoms with Crippen LogP contribution < -0.4 is 4.90 Å². The van der Waals surface area contributed by atoms with Crippen LogP contribution in [0.4, 0.5) is 5.13 Å². The van der Waals surface area contributed by atoms with Gasteiger partial charge in [-0.15, -0.1) is 0 Å². The maximum atomic E-state index is 5.25. The Hall–Kier alpha value is -0.680. The lowest BCUT2D eigenvalue weighted by atomic mass is 10.0. The zero-order valence-corrected chi connectivity index (χ0v) is 10.1. The van der Waals surface area contributed by atoms with E-state index in [1.807, 2.05) is 6.92 Å². The third-order valence-electron chi connectivity index (χ3n) is 2.75. The molecular weight excluding hydrogens is 210 g/mol. The number of hydrogen-bond donors (Lipinski definition) is 0. The van der Waals surface area contributed by atoms with E-state index in [9.17, 15) is 0 Å². The average molecular weight is 227 g/mol. The summed E-state index contributed by atoms with van der Waals surface area (Å²) in [6, 6.07) is 0.482. The zero-order valence-electron chi connectivity index (χ0n) is 9.27. The third-order valence-corrected chi connectivity index (χ3v) is 3.59. The van der Waals surface area contributed by atoms with Gasteiger partial charge in [0.15, 0.2) is 0 Å². The minimum absolute atomic E-state index is 0.482. The maximum Gasteiger partial charge on any atom is 0.205 e. The summed E-state index contributed by atoms with van der Waals surface area (Å²) in [6.45, 7) is 3.82. The molecule has 0 N–H and O–H groups in total. The third kappa shape index (κ3) is 2.46. The Balaban J connectivity index is 2.10. The van der Waals surface area contributed by atoms with Gasteiger partial charge in [0.1, 0.15) is 5.82 Å². The van der Waals surface area contributed by atoms with Crippen LogP contribution in [-0.2, 0) is 4.74 Å². The SMILES string of the molecule is COC[C@H]1CCCCN1c1nc(C)ns1. The number of ether oxygens (including phenoxy) is 1. The summed E-state index contributed by atoms with van der Waals surface area (Å²) in [5.41, 5.74) is 0. The molecule has 15 heavy (non-hydrogen) atoms. The number of aromatic nitrogens is 2. The lowest BCUT2D eigenvalue weighted by Crippen LogP contribution is -2.42. The van der Waals surface area contributed by atoms with E-state index in [1.54, 1.807) is 7.11 Å². The van der Waals surface area contributed by atoms with Gasteiger partial charge in [0.05, 0.1) is 12.6 Å². The van der Waals surface area contributed by atoms with Crippen molar-refractivity contribution in [3.05, 3.63) is 5.82 Å². The lowest BCUT2D eigenvalue weighted by molar-refractivity contribution is 0.166. The Morgan fingerprint density at radius 1 is 1.53 bits per heavy atom. The Labute approximate surface area is 94.4 Å². The minimum atomic E-state index is 0.482. The molecule has 1 aromatic heterocycles. The van der Waals surface area contributed by atoms with Crippen molar-refractivity contribution >= 4 is 16.7 Å². The molecule has 2 heterocycles. The van der Waals surface area contributed by atoms with E-state index in [2.05, 4.69) is 14.3 Å². The van der Waals surface area contributed by atoms with Crippen molar-refractivity contribution in [2.45, 2.75) is 32.2 Å². The Morgan fingerprint density at radius 2 is 2.40 bits per heavy atom. The van der Waals surface area contributed by atoms with Crippen molar-refractivity contribution in [3.63, 3.8) is 0 Å². The van der Waals surface area contributed by atoms with Gasteiger partial charge in [0.2, 0.25) is 5.13 Å². The molecule has 1 aromatic rings. The van der Waals surface area contributed by atoms with Crippen LogP contribution in [0.25, 0.3) is 0 Å². The lowest BCUT2D eigenvalue weighted by Gasteiger charge is -2.34. The van der Waals surface area contributed by atoms with Gasteiger partial charge < -0.3 is 9.64 Å². The van der Waals surface area contributed by atoms with Gasteiger partial charge in [-0.3, -0.25) is 0 Å². The van der Waals surface area contributed by atoms with E-state index in [1.165, 1.54) is 30.8 Å². The van der Waals surface area contributed by atoms with Gasteiger partial charge in [0.25, 0.3) is 0 Å². The molecule has 1 aliphatic heterocycles. The second kappa shape index (κ2) is 4.90. The molecule has 2 rings (SSSR count). The summed E-state index contributed by atoms with van der Waals surface area (Å²) >= 11 is 1.49. The molecule has 0 spiro atoms. The van der Waals surface area contributed by atoms with Crippen LogP contribution >= 0.6 is 11.5 Å². The number of anilines is 1. The second-order valence-electron chi connectivity index (χ2n) is 3.92. The van der Waals surface area contributed by atoms with E-state index in [-0.39, 0.29) is 0 Å². The van der Waals surface area contributed by atoms with Crippen molar-refractivity contribution in [2.24, 2.45) is 0 Å². The first-order valence-corrected chi connectivity index (χ1v) is 6.14. The molecule has 0 saturated carbocycles. The van der Waals surface area contributed by atoms with Crippen molar-refractivity contribution < 1.29 is 4.74 Å². The van der Waals surface area contributed by atoms with Gasteiger partial charge in [-0.25, -0.2) is 4.98 Å². The molecule has 84 valence electrons. The number of methoxy groups -OCH3 is 1. The van der Waals surface area contributed by atoms with E-state index < -0.39 is 0 Å². The van der Waals surface area contributed by atoms with Crippen molar-refractivity contribution in [1.29, 1.82) is 0 Å². The highest BCUT2D eigenvalue weighted by Gasteiger charge is 2.24. The summed E-state index contributed by atoms with van der Waals surface area (Å²) in [7, 11) is 1.76. The molecule has 0 bridgehead atoms. The summed E-state index contributed by atoms with van der Waals surface area (Å²) in [5.74, 6) is 0.872. The highest BCUT2D eigenvalue weighted by Crippen LogP contribution is 2.26. The summed E-state index contributed by atoms with van der Waals surface area (Å²) in [5, 5.41) is 1.05. The first kappa shape index (κ1) is 10.8. The number of hydrogen-bond acceptors (Lipinski definition) is 5. The molecule has 0 aromatic carbocycles. The predicted molar refractivity (Wildman–Crippen MR) is 61.5 cm³/mol. The van der Waals surface area contributed by atoms with Gasteiger partial charge in [-0.2, -0.15) is 4.37 Å². The zero-order chi connectivity index (χ0) is 10.7. The largest absolute Gasteiger partial charge is 0.383 e. The fourth-order valence-corrected chi connectivity index (χ4v) is 2.79. The van der Waals surface area contributed by atoms with Crippen LogP contribution in [0.3, 0.4) is 0 Å². The minimum Gasteiger partial charge on any atom is -0.383 e. The first-order valence-electron chi connectivity index (χ1n) is 5.37. The van der Waals surface area contributed by atoms with E-state index in [0.717, 1.165) is 24.1 Å². The molecule has 5 heteroatoms. The standard InChI is InChI=1S/C10H17N3OS/c1-8-11-10(15-12-8)13-6-4-3-5-9(13)7-14-2/h9H,3-7H2,1-2H3/t9-/m1/s1.